The minimum absolute atomic E-state index is 0.0498. The molecular formula is C14H14BrF2NOS. The average molecular weight is 362 g/mol. The Morgan fingerprint density at radius 3 is 2.60 bits per heavy atom. The number of hydrogen-bond donors (Lipinski definition) is 1. The van der Waals surface area contributed by atoms with Gasteiger partial charge < -0.3 is 10.1 Å². The van der Waals surface area contributed by atoms with E-state index in [4.69, 9.17) is 0 Å². The second-order valence-electron chi connectivity index (χ2n) is 4.28. The van der Waals surface area contributed by atoms with E-state index in [1.54, 1.807) is 23.5 Å². The van der Waals surface area contributed by atoms with Crippen LogP contribution in [0.2, 0.25) is 0 Å². The van der Waals surface area contributed by atoms with E-state index in [-0.39, 0.29) is 11.8 Å². The van der Waals surface area contributed by atoms with Gasteiger partial charge in [-0.15, -0.1) is 11.3 Å². The van der Waals surface area contributed by atoms with Crippen molar-refractivity contribution in [3.63, 3.8) is 0 Å². The van der Waals surface area contributed by atoms with Gasteiger partial charge in [0.1, 0.15) is 5.75 Å². The maximum atomic E-state index is 12.3. The lowest BCUT2D eigenvalue weighted by atomic mass is 10.0. The number of benzene rings is 1. The average Bonchev–Trinajstić information content (AvgIpc) is 2.70. The topological polar surface area (TPSA) is 21.3 Å². The molecule has 0 amide bonds. The molecule has 1 aromatic heterocycles. The van der Waals surface area contributed by atoms with E-state index in [0.717, 1.165) is 19.8 Å². The normalized spacial score (nSPS) is 12.7. The van der Waals surface area contributed by atoms with E-state index >= 15 is 0 Å². The Morgan fingerprint density at radius 2 is 2.05 bits per heavy atom. The smallest absolute Gasteiger partial charge is 0.387 e. The van der Waals surface area contributed by atoms with Gasteiger partial charge in [0, 0.05) is 4.88 Å². The first-order valence-corrected chi connectivity index (χ1v) is 7.60. The summed E-state index contributed by atoms with van der Waals surface area (Å²) in [5, 5.41) is 3.20. The number of rotatable bonds is 5. The number of alkyl halides is 2. The van der Waals surface area contributed by atoms with Crippen LogP contribution in [0.1, 0.15) is 22.0 Å². The standard InChI is InChI=1S/C14H14BrF2NOS/c1-8-6-11(20-13(8)15)12(18-2)9-4-3-5-10(7-9)19-14(16)17/h3-7,12,14,18H,1-2H3. The molecular weight excluding hydrogens is 348 g/mol. The third kappa shape index (κ3) is 3.56. The Labute approximate surface area is 128 Å². The molecule has 1 atom stereocenters. The molecule has 2 rings (SSSR count). The number of hydrogen-bond acceptors (Lipinski definition) is 3. The van der Waals surface area contributed by atoms with E-state index in [9.17, 15) is 8.78 Å². The van der Waals surface area contributed by atoms with Crippen LogP contribution in [0.4, 0.5) is 8.78 Å². The fraction of sp³-hybridized carbons (Fsp3) is 0.286. The molecule has 0 radical (unpaired) electrons. The molecule has 2 aromatic rings. The lowest BCUT2D eigenvalue weighted by Gasteiger charge is -2.16. The Balaban J connectivity index is 2.31. The molecule has 0 fully saturated rings. The molecule has 0 aliphatic heterocycles. The van der Waals surface area contributed by atoms with Gasteiger partial charge >= 0.3 is 6.61 Å². The highest BCUT2D eigenvalue weighted by Gasteiger charge is 2.17. The number of ether oxygens (including phenoxy) is 1. The zero-order valence-corrected chi connectivity index (χ0v) is 13.4. The van der Waals surface area contributed by atoms with Gasteiger partial charge in [0.05, 0.1) is 9.83 Å². The summed E-state index contributed by atoms with van der Waals surface area (Å²) in [4.78, 5) is 1.12. The molecule has 1 aromatic carbocycles. The zero-order chi connectivity index (χ0) is 14.7. The van der Waals surface area contributed by atoms with Gasteiger partial charge in [-0.2, -0.15) is 8.78 Å². The summed E-state index contributed by atoms with van der Waals surface area (Å²) in [5.41, 5.74) is 2.05. The Morgan fingerprint density at radius 1 is 1.30 bits per heavy atom. The molecule has 1 heterocycles. The molecule has 6 heteroatoms. The van der Waals surface area contributed by atoms with Crippen LogP contribution < -0.4 is 10.1 Å². The van der Waals surface area contributed by atoms with Crippen molar-refractivity contribution in [1.29, 1.82) is 0 Å². The van der Waals surface area contributed by atoms with Crippen LogP contribution in [-0.2, 0) is 0 Å². The highest BCUT2D eigenvalue weighted by Crippen LogP contribution is 2.35. The fourth-order valence-corrected chi connectivity index (χ4v) is 3.68. The van der Waals surface area contributed by atoms with Crippen molar-refractivity contribution < 1.29 is 13.5 Å². The van der Waals surface area contributed by atoms with Crippen LogP contribution in [0, 0.1) is 6.92 Å². The van der Waals surface area contributed by atoms with Gasteiger partial charge in [-0.25, -0.2) is 0 Å². The third-order valence-electron chi connectivity index (χ3n) is 2.87. The predicted octanol–water partition coefficient (Wildman–Crippen LogP) is 4.73. The number of thiophene rings is 1. The molecule has 0 spiro atoms. The minimum atomic E-state index is -2.81. The van der Waals surface area contributed by atoms with Gasteiger partial charge in [-0.1, -0.05) is 12.1 Å². The quantitative estimate of drug-likeness (QED) is 0.830. The molecule has 2 nitrogen and oxygen atoms in total. The number of nitrogens with one attached hydrogen (secondary N) is 1. The van der Waals surface area contributed by atoms with E-state index in [1.807, 2.05) is 20.0 Å². The lowest BCUT2D eigenvalue weighted by molar-refractivity contribution is -0.0498. The van der Waals surface area contributed by atoms with Crippen LogP contribution in [0.15, 0.2) is 34.1 Å². The largest absolute Gasteiger partial charge is 0.435 e. The van der Waals surface area contributed by atoms with Crippen molar-refractivity contribution in [1.82, 2.24) is 5.32 Å². The van der Waals surface area contributed by atoms with E-state index in [0.29, 0.717) is 0 Å². The van der Waals surface area contributed by atoms with E-state index in [2.05, 4.69) is 32.0 Å². The number of aryl methyl sites for hydroxylation is 1. The second kappa shape index (κ2) is 6.65. The van der Waals surface area contributed by atoms with Gasteiger partial charge in [0.2, 0.25) is 0 Å². The molecule has 0 saturated carbocycles. The Bertz CT molecular complexity index is 569. The van der Waals surface area contributed by atoms with Crippen molar-refractivity contribution in [3.8, 4) is 5.75 Å². The number of halogens is 3. The predicted molar refractivity (Wildman–Crippen MR) is 80.7 cm³/mol. The minimum Gasteiger partial charge on any atom is -0.435 e. The van der Waals surface area contributed by atoms with Crippen LogP contribution in [-0.4, -0.2) is 13.7 Å². The second-order valence-corrected chi connectivity index (χ2v) is 6.68. The molecule has 1 N–H and O–H groups in total. The van der Waals surface area contributed by atoms with Crippen molar-refractivity contribution >= 4 is 27.3 Å². The molecule has 1 unspecified atom stereocenters. The zero-order valence-electron chi connectivity index (χ0n) is 11.0. The van der Waals surface area contributed by atoms with Crippen molar-refractivity contribution in [2.24, 2.45) is 0 Å². The van der Waals surface area contributed by atoms with E-state index in [1.165, 1.54) is 6.07 Å². The highest BCUT2D eigenvalue weighted by molar-refractivity contribution is 9.11. The summed E-state index contributed by atoms with van der Waals surface area (Å²) in [6, 6.07) is 8.80. The van der Waals surface area contributed by atoms with Crippen molar-refractivity contribution in [2.45, 2.75) is 19.6 Å². The van der Waals surface area contributed by atoms with Crippen LogP contribution in [0.3, 0.4) is 0 Å². The maximum absolute atomic E-state index is 12.3. The van der Waals surface area contributed by atoms with Crippen LogP contribution >= 0.6 is 27.3 Å². The molecule has 0 saturated heterocycles. The fourth-order valence-electron chi connectivity index (χ4n) is 1.97. The van der Waals surface area contributed by atoms with Crippen LogP contribution in [0.25, 0.3) is 0 Å². The van der Waals surface area contributed by atoms with Crippen molar-refractivity contribution in [3.05, 3.63) is 50.1 Å². The first-order chi connectivity index (χ1) is 9.51. The Hall–Kier alpha value is -0.980. The summed E-state index contributed by atoms with van der Waals surface area (Å²) in [6.45, 7) is -0.788. The third-order valence-corrected chi connectivity index (χ3v) is 5.07. The molecule has 0 aliphatic carbocycles. The molecule has 0 bridgehead atoms. The SMILES string of the molecule is CNC(c1cccc(OC(F)F)c1)c1cc(C)c(Br)s1. The van der Waals surface area contributed by atoms with Crippen molar-refractivity contribution in [2.75, 3.05) is 7.05 Å². The first kappa shape index (κ1) is 15.4. The summed E-state index contributed by atoms with van der Waals surface area (Å²) < 4.78 is 30.1. The molecule has 108 valence electrons. The summed E-state index contributed by atoms with van der Waals surface area (Å²) >= 11 is 5.13. The van der Waals surface area contributed by atoms with Gasteiger partial charge in [0.25, 0.3) is 0 Å². The lowest BCUT2D eigenvalue weighted by Crippen LogP contribution is -2.16. The summed E-state index contributed by atoms with van der Waals surface area (Å²) in [6.07, 6.45) is 0. The first-order valence-electron chi connectivity index (χ1n) is 5.99. The monoisotopic (exact) mass is 361 g/mol. The molecule has 0 aliphatic rings. The van der Waals surface area contributed by atoms with Gasteiger partial charge in [-0.05, 0) is 59.2 Å². The van der Waals surface area contributed by atoms with Gasteiger partial charge in [0.15, 0.2) is 0 Å². The van der Waals surface area contributed by atoms with Crippen LogP contribution in [0.5, 0.6) is 5.75 Å². The summed E-state index contributed by atoms with van der Waals surface area (Å²) in [5.74, 6) is 0.171. The van der Waals surface area contributed by atoms with Gasteiger partial charge in [-0.3, -0.25) is 0 Å². The maximum Gasteiger partial charge on any atom is 0.387 e. The highest BCUT2D eigenvalue weighted by atomic mass is 79.9. The Kier molecular flexibility index (Phi) is 5.12. The summed E-state index contributed by atoms with van der Waals surface area (Å²) in [7, 11) is 1.84. The van der Waals surface area contributed by atoms with E-state index < -0.39 is 6.61 Å². The molecule has 20 heavy (non-hydrogen) atoms.